The van der Waals surface area contributed by atoms with Gasteiger partial charge in [-0.15, -0.1) is 6.58 Å². The van der Waals surface area contributed by atoms with Crippen molar-refractivity contribution in [3.05, 3.63) is 12.7 Å². The van der Waals surface area contributed by atoms with Gasteiger partial charge in [0.2, 0.25) is 0 Å². The van der Waals surface area contributed by atoms with Crippen molar-refractivity contribution in [2.45, 2.75) is 37.8 Å². The molecule has 0 spiro atoms. The third-order valence-corrected chi connectivity index (χ3v) is 4.62. The first kappa shape index (κ1) is 14.4. The molecule has 6 heteroatoms. The Kier molecular flexibility index (Phi) is 3.71. The van der Waals surface area contributed by atoms with Gasteiger partial charge in [-0.3, -0.25) is 4.79 Å². The first-order chi connectivity index (χ1) is 9.49. The number of carboxylic acid groups (broad SMARTS) is 1. The van der Waals surface area contributed by atoms with Gasteiger partial charge < -0.3 is 14.7 Å². The summed E-state index contributed by atoms with van der Waals surface area (Å²) < 4.78 is 4.71. The molecule has 20 heavy (non-hydrogen) atoms. The van der Waals surface area contributed by atoms with Gasteiger partial charge in [-0.25, -0.2) is 4.79 Å². The summed E-state index contributed by atoms with van der Waals surface area (Å²) in [5.74, 6) is -1.50. The summed E-state index contributed by atoms with van der Waals surface area (Å²) in [6, 6.07) is 1.72. The molecule has 0 aliphatic carbocycles. The summed E-state index contributed by atoms with van der Waals surface area (Å²) in [6.07, 6.45) is 3.15. The largest absolute Gasteiger partial charge is 0.468 e. The molecule has 108 valence electrons. The van der Waals surface area contributed by atoms with Gasteiger partial charge in [0, 0.05) is 17.5 Å². The number of carbonyl (C=O) groups excluding carboxylic acids is 1. The Bertz CT molecular complexity index is 468. The predicted molar refractivity (Wildman–Crippen MR) is 69.7 cm³/mol. The van der Waals surface area contributed by atoms with Crippen LogP contribution in [0.5, 0.6) is 0 Å². The molecule has 2 aliphatic heterocycles. The lowest BCUT2D eigenvalue weighted by Gasteiger charge is -2.45. The van der Waals surface area contributed by atoms with Crippen molar-refractivity contribution in [2.75, 3.05) is 7.11 Å². The van der Waals surface area contributed by atoms with E-state index < -0.39 is 23.4 Å². The van der Waals surface area contributed by atoms with Crippen LogP contribution >= 0.6 is 0 Å². The minimum absolute atomic E-state index is 0.148. The van der Waals surface area contributed by atoms with Gasteiger partial charge in [-0.1, -0.05) is 6.08 Å². The van der Waals surface area contributed by atoms with E-state index in [2.05, 4.69) is 6.58 Å². The number of nitriles is 1. The molecule has 2 fully saturated rings. The van der Waals surface area contributed by atoms with Crippen molar-refractivity contribution < 1.29 is 19.4 Å². The summed E-state index contributed by atoms with van der Waals surface area (Å²) in [7, 11) is 1.25. The van der Waals surface area contributed by atoms with Gasteiger partial charge in [-0.2, -0.15) is 5.26 Å². The van der Waals surface area contributed by atoms with Crippen molar-refractivity contribution in [2.24, 2.45) is 11.3 Å². The molecule has 0 aromatic rings. The van der Waals surface area contributed by atoms with Gasteiger partial charge >= 0.3 is 12.1 Å². The normalized spacial score (nSPS) is 33.1. The number of amides is 1. The minimum Gasteiger partial charge on any atom is -0.468 e. The third kappa shape index (κ3) is 2.03. The molecule has 2 aliphatic rings. The van der Waals surface area contributed by atoms with E-state index in [0.717, 1.165) is 12.8 Å². The fourth-order valence-corrected chi connectivity index (χ4v) is 3.69. The predicted octanol–water partition coefficient (Wildman–Crippen LogP) is 1.78. The van der Waals surface area contributed by atoms with Crippen LogP contribution in [0.25, 0.3) is 0 Å². The van der Waals surface area contributed by atoms with Crippen molar-refractivity contribution >= 4 is 12.1 Å². The fourth-order valence-electron chi connectivity index (χ4n) is 3.69. The van der Waals surface area contributed by atoms with E-state index >= 15 is 0 Å². The van der Waals surface area contributed by atoms with Crippen molar-refractivity contribution in [1.82, 2.24) is 4.90 Å². The van der Waals surface area contributed by atoms with Crippen LogP contribution < -0.4 is 0 Å². The summed E-state index contributed by atoms with van der Waals surface area (Å²) in [5.41, 5.74) is -0.695. The Morgan fingerprint density at radius 1 is 1.50 bits per heavy atom. The molecule has 3 unspecified atom stereocenters. The van der Waals surface area contributed by atoms with E-state index in [1.807, 2.05) is 6.07 Å². The lowest BCUT2D eigenvalue weighted by Crippen LogP contribution is -2.52. The second kappa shape index (κ2) is 5.16. The van der Waals surface area contributed by atoms with Crippen LogP contribution in [0.15, 0.2) is 12.7 Å². The van der Waals surface area contributed by atoms with Gasteiger partial charge in [-0.05, 0) is 25.7 Å². The number of allylic oxidation sites excluding steroid dienone is 1. The van der Waals surface area contributed by atoms with E-state index in [0.29, 0.717) is 12.8 Å². The molecule has 2 bridgehead atoms. The van der Waals surface area contributed by atoms with Gasteiger partial charge in [0.05, 0.1) is 13.2 Å². The maximum Gasteiger partial charge on any atom is 0.407 e. The zero-order valence-electron chi connectivity index (χ0n) is 11.4. The second-order valence-corrected chi connectivity index (χ2v) is 5.51. The number of methoxy groups -OCH3 is 1. The highest BCUT2D eigenvalue weighted by Gasteiger charge is 2.54. The van der Waals surface area contributed by atoms with E-state index in [1.165, 1.54) is 12.0 Å². The smallest absolute Gasteiger partial charge is 0.407 e. The lowest BCUT2D eigenvalue weighted by atomic mass is 9.66. The quantitative estimate of drug-likeness (QED) is 0.627. The fraction of sp³-hybridized carbons (Fsp3) is 0.643. The Balaban J connectivity index is 2.32. The van der Waals surface area contributed by atoms with E-state index in [4.69, 9.17) is 4.74 Å². The molecule has 0 saturated carbocycles. The van der Waals surface area contributed by atoms with Crippen LogP contribution in [-0.2, 0) is 9.53 Å². The number of piperidine rings is 1. The molecule has 1 amide bonds. The van der Waals surface area contributed by atoms with Crippen LogP contribution in [-0.4, -0.2) is 41.3 Å². The average molecular weight is 278 g/mol. The number of rotatable bonds is 3. The van der Waals surface area contributed by atoms with Crippen LogP contribution in [0.4, 0.5) is 4.79 Å². The molecule has 0 aromatic heterocycles. The standard InChI is InChI=1S/C14H18N2O4/c1-3-14(11(8-15)12(17)20-2)6-9-4-5-10(7-14)16(9)13(18)19/h3,9-11H,1,4-7H2,2H3,(H,18,19). The Morgan fingerprint density at radius 2 is 2.05 bits per heavy atom. The lowest BCUT2D eigenvalue weighted by molar-refractivity contribution is -0.147. The highest BCUT2D eigenvalue weighted by Crippen LogP contribution is 2.50. The molecule has 0 radical (unpaired) electrons. The number of ether oxygens (including phenoxy) is 1. The molecule has 2 saturated heterocycles. The number of hydrogen-bond donors (Lipinski definition) is 1. The van der Waals surface area contributed by atoms with Crippen molar-refractivity contribution in [1.29, 1.82) is 5.26 Å². The zero-order valence-corrected chi connectivity index (χ0v) is 11.4. The van der Waals surface area contributed by atoms with Gasteiger partial charge in [0.25, 0.3) is 0 Å². The average Bonchev–Trinajstić information content (AvgIpc) is 2.72. The number of esters is 1. The minimum atomic E-state index is -0.929. The van der Waals surface area contributed by atoms with Crippen molar-refractivity contribution in [3.8, 4) is 6.07 Å². The highest BCUT2D eigenvalue weighted by molar-refractivity contribution is 5.77. The van der Waals surface area contributed by atoms with Gasteiger partial charge in [0.15, 0.2) is 5.92 Å². The first-order valence-electron chi connectivity index (χ1n) is 6.61. The summed E-state index contributed by atoms with van der Waals surface area (Å²) in [5, 5.41) is 18.6. The molecular weight excluding hydrogens is 260 g/mol. The molecule has 0 aromatic carbocycles. The monoisotopic (exact) mass is 278 g/mol. The zero-order chi connectivity index (χ0) is 14.9. The SMILES string of the molecule is C=CC1(C(C#N)C(=O)OC)CC2CCC(C1)N2C(=O)O. The van der Waals surface area contributed by atoms with E-state index in [1.54, 1.807) is 6.08 Å². The number of hydrogen-bond acceptors (Lipinski definition) is 4. The number of nitrogens with zero attached hydrogens (tertiary/aromatic N) is 2. The molecule has 6 nitrogen and oxygen atoms in total. The highest BCUT2D eigenvalue weighted by atomic mass is 16.5. The third-order valence-electron chi connectivity index (χ3n) is 4.62. The maximum atomic E-state index is 11.8. The van der Waals surface area contributed by atoms with E-state index in [-0.39, 0.29) is 12.1 Å². The molecule has 2 heterocycles. The molecule has 1 N–H and O–H groups in total. The van der Waals surface area contributed by atoms with Gasteiger partial charge in [0.1, 0.15) is 0 Å². The maximum absolute atomic E-state index is 11.8. The molecule has 3 atom stereocenters. The summed E-state index contributed by atoms with van der Waals surface area (Å²) in [6.45, 7) is 3.78. The second-order valence-electron chi connectivity index (χ2n) is 5.51. The molecule has 2 rings (SSSR count). The Labute approximate surface area is 117 Å². The van der Waals surface area contributed by atoms with Crippen LogP contribution in [0.1, 0.15) is 25.7 Å². The summed E-state index contributed by atoms with van der Waals surface area (Å²) >= 11 is 0. The Hall–Kier alpha value is -2.03. The number of fused-ring (bicyclic) bond motifs is 2. The van der Waals surface area contributed by atoms with Crippen LogP contribution in [0.3, 0.4) is 0 Å². The Morgan fingerprint density at radius 3 is 2.40 bits per heavy atom. The summed E-state index contributed by atoms with van der Waals surface area (Å²) in [4.78, 5) is 24.6. The van der Waals surface area contributed by atoms with E-state index in [9.17, 15) is 20.0 Å². The van der Waals surface area contributed by atoms with Crippen LogP contribution in [0, 0.1) is 22.7 Å². The first-order valence-corrected chi connectivity index (χ1v) is 6.61. The topological polar surface area (TPSA) is 90.6 Å². The molecular formula is C14H18N2O4. The van der Waals surface area contributed by atoms with Crippen molar-refractivity contribution in [3.63, 3.8) is 0 Å². The number of carbonyl (C=O) groups is 2. The van der Waals surface area contributed by atoms with Crippen LogP contribution in [0.2, 0.25) is 0 Å².